The summed E-state index contributed by atoms with van der Waals surface area (Å²) in [7, 11) is -4.23. The number of fused-ring (bicyclic) bond motifs is 2. The smallest absolute Gasteiger partial charge is 0.404 e. The molecule has 8 atom stereocenters. The maximum Gasteiger partial charge on any atom is 0.404 e. The van der Waals surface area contributed by atoms with Crippen LogP contribution in [0.1, 0.15) is 71.6 Å². The summed E-state index contributed by atoms with van der Waals surface area (Å²) in [5.74, 6) is -6.74. The van der Waals surface area contributed by atoms with Crippen molar-refractivity contribution in [1.29, 1.82) is 0 Å². The van der Waals surface area contributed by atoms with Crippen molar-refractivity contribution >= 4 is 33.3 Å². The van der Waals surface area contributed by atoms with Crippen LogP contribution in [-0.4, -0.2) is 85.1 Å². The summed E-state index contributed by atoms with van der Waals surface area (Å²) in [5, 5.41) is 25.5. The van der Waals surface area contributed by atoms with Gasteiger partial charge in [-0.05, 0) is 77.6 Å². The van der Waals surface area contributed by atoms with E-state index < -0.39 is 84.6 Å². The Labute approximate surface area is 310 Å². The molecule has 1 aromatic carbocycles. The molecular formula is C37H45N2O14S+. The topological polar surface area (TPSA) is 232 Å². The van der Waals surface area contributed by atoms with Gasteiger partial charge in [-0.15, -0.1) is 0 Å². The van der Waals surface area contributed by atoms with Gasteiger partial charge in [0, 0.05) is 31.1 Å². The lowest BCUT2D eigenvalue weighted by molar-refractivity contribution is -0.744. The van der Waals surface area contributed by atoms with Gasteiger partial charge < -0.3 is 29.2 Å². The van der Waals surface area contributed by atoms with Gasteiger partial charge in [0.05, 0.1) is 30.1 Å². The number of nitrogens with one attached hydrogen (secondary N) is 1. The van der Waals surface area contributed by atoms with Crippen LogP contribution in [0.25, 0.3) is 0 Å². The predicted octanol–water partition coefficient (Wildman–Crippen LogP) is 2.38. The summed E-state index contributed by atoms with van der Waals surface area (Å²) in [5.41, 5.74) is -3.49. The van der Waals surface area contributed by atoms with Gasteiger partial charge in [-0.2, -0.15) is 0 Å². The molecule has 6 fully saturated rings. The Hall–Kier alpha value is -4.19. The van der Waals surface area contributed by atoms with Gasteiger partial charge in [-0.1, -0.05) is 43.3 Å². The number of ketones is 2. The highest BCUT2D eigenvalue weighted by Gasteiger charge is 2.88. The normalized spacial score (nSPS) is 33.6. The van der Waals surface area contributed by atoms with E-state index in [1.807, 2.05) is 13.8 Å². The SMILES string of the molecule is C=C1C(=O)[C@]23[C@H](OC(=O)CCCC(=O)OCCCCOc4[nH]o[n+](=O)c4S(=O)(=O)c4ccccc4)[C@H]1CC[C@H]2[C@@]12CO[C@@]3(O)[C@@H](O)[C@@H]1C(C)(C)CCC2=O. The van der Waals surface area contributed by atoms with Crippen molar-refractivity contribution in [2.75, 3.05) is 19.8 Å². The molecule has 2 spiro atoms. The Balaban J connectivity index is 0.914. The second-order valence-corrected chi connectivity index (χ2v) is 17.6. The van der Waals surface area contributed by atoms with E-state index in [4.69, 9.17) is 18.9 Å². The van der Waals surface area contributed by atoms with Gasteiger partial charge in [-0.3, -0.25) is 19.2 Å². The summed E-state index contributed by atoms with van der Waals surface area (Å²) in [6, 6.07) is 7.32. The van der Waals surface area contributed by atoms with Crippen molar-refractivity contribution in [2.45, 2.75) is 99.6 Å². The molecule has 17 heteroatoms. The van der Waals surface area contributed by atoms with Crippen molar-refractivity contribution in [1.82, 2.24) is 5.16 Å². The highest BCUT2D eigenvalue weighted by Crippen LogP contribution is 2.76. The van der Waals surface area contributed by atoms with Gasteiger partial charge in [0.25, 0.3) is 9.84 Å². The minimum absolute atomic E-state index is 0.00946. The first-order valence-electron chi connectivity index (χ1n) is 18.3. The molecule has 3 N–H and O–H groups in total. The van der Waals surface area contributed by atoms with Crippen LogP contribution in [0.3, 0.4) is 0 Å². The predicted molar refractivity (Wildman–Crippen MR) is 181 cm³/mol. The zero-order valence-electron chi connectivity index (χ0n) is 30.1. The van der Waals surface area contributed by atoms with E-state index in [1.165, 1.54) is 24.3 Å². The molecule has 4 bridgehead atoms. The molecule has 4 saturated carbocycles. The number of H-pyrrole nitrogens is 1. The number of rotatable bonds is 13. The van der Waals surface area contributed by atoms with Crippen LogP contribution in [0.2, 0.25) is 0 Å². The monoisotopic (exact) mass is 773 g/mol. The summed E-state index contributed by atoms with van der Waals surface area (Å²) in [4.78, 5) is 65.8. The van der Waals surface area contributed by atoms with Crippen molar-refractivity contribution in [2.24, 2.45) is 34.0 Å². The molecule has 6 aliphatic rings. The quantitative estimate of drug-likeness (QED) is 0.151. The Morgan fingerprint density at radius 1 is 1.06 bits per heavy atom. The average Bonchev–Trinajstić information content (AvgIpc) is 3.56. The van der Waals surface area contributed by atoms with Gasteiger partial charge >= 0.3 is 22.8 Å². The number of hydrogen-bond acceptors (Lipinski definition) is 14. The molecule has 1 aromatic heterocycles. The van der Waals surface area contributed by atoms with E-state index in [-0.39, 0.29) is 72.2 Å². The van der Waals surface area contributed by atoms with E-state index in [1.54, 1.807) is 6.07 Å². The van der Waals surface area contributed by atoms with Crippen molar-refractivity contribution in [3.63, 3.8) is 0 Å². The van der Waals surface area contributed by atoms with Gasteiger partial charge in [0.2, 0.25) is 10.4 Å². The summed E-state index contributed by atoms with van der Waals surface area (Å²) >= 11 is 0. The molecular weight excluding hydrogens is 728 g/mol. The van der Waals surface area contributed by atoms with Crippen LogP contribution in [-0.2, 0) is 43.2 Å². The van der Waals surface area contributed by atoms with E-state index in [9.17, 15) is 42.7 Å². The van der Waals surface area contributed by atoms with E-state index >= 15 is 0 Å². The molecule has 0 amide bonds. The molecule has 0 radical (unpaired) electrons. The van der Waals surface area contributed by atoms with Crippen LogP contribution in [0.4, 0.5) is 0 Å². The fraction of sp³-hybridized carbons (Fsp3) is 0.622. The minimum atomic E-state index is -4.23. The number of aliphatic hydroxyl groups is 2. The molecule has 4 aliphatic carbocycles. The zero-order chi connectivity index (χ0) is 38.8. The van der Waals surface area contributed by atoms with E-state index in [0.29, 0.717) is 32.1 Å². The molecule has 2 aromatic rings. The van der Waals surface area contributed by atoms with Crippen molar-refractivity contribution < 1.29 is 66.0 Å². The van der Waals surface area contributed by atoms with Crippen molar-refractivity contribution in [3.05, 3.63) is 47.4 Å². The molecule has 8 rings (SSSR count). The largest absolute Gasteiger partial charge is 0.466 e. The standard InChI is InChI=1S/C37H45N2O14S/c1-21-23-14-15-24-35-20-51-37(45,30(44)28(35)34(2,3)17-16-25(35)40)36(24,29(21)43)31(23)52-27(42)13-9-12-26(41)49-18-7-8-19-50-32-33(39(46)53-38-32)54(47,48)22-10-5-4-6-11-22/h4-6,10-11,23-24,28,30-31,38,44-45H,1,7-9,12-20H2,2-3H3/q+1/t23-,24-,28+,30-,31+,35+,36-,37-/m0/s1. The number of hydrogen-bond donors (Lipinski definition) is 3. The van der Waals surface area contributed by atoms with Gasteiger partial charge in [0.15, 0.2) is 5.78 Å². The number of ether oxygens (including phenoxy) is 4. The lowest BCUT2D eigenvalue weighted by atomic mass is 9.36. The first kappa shape index (κ1) is 38.1. The highest BCUT2D eigenvalue weighted by atomic mass is 32.2. The number of esters is 2. The summed E-state index contributed by atoms with van der Waals surface area (Å²) in [6.07, 6.45) is -0.810. The fourth-order valence-corrected chi connectivity index (χ4v) is 11.6. The third-order valence-corrected chi connectivity index (χ3v) is 14.3. The van der Waals surface area contributed by atoms with Crippen LogP contribution in [0.15, 0.2) is 57.0 Å². The Morgan fingerprint density at radius 3 is 2.50 bits per heavy atom. The summed E-state index contributed by atoms with van der Waals surface area (Å²) in [6.45, 7) is 7.75. The first-order chi connectivity index (χ1) is 25.5. The molecule has 16 nitrogen and oxygen atoms in total. The Morgan fingerprint density at radius 2 is 1.76 bits per heavy atom. The molecule has 54 heavy (non-hydrogen) atoms. The maximum atomic E-state index is 14.2. The van der Waals surface area contributed by atoms with Gasteiger partial charge in [-0.25, -0.2) is 8.42 Å². The third-order valence-electron chi connectivity index (χ3n) is 12.6. The van der Waals surface area contributed by atoms with Gasteiger partial charge in [0.1, 0.15) is 23.4 Å². The number of carbonyl (C=O) groups excluding carboxylic acids is 4. The first-order valence-corrected chi connectivity index (χ1v) is 19.8. The number of Topliss-reactive ketones (excluding diaryl/α,β-unsaturated/α-hetero) is 2. The third kappa shape index (κ3) is 5.44. The summed E-state index contributed by atoms with van der Waals surface area (Å²) < 4.78 is 52.8. The molecule has 2 aliphatic heterocycles. The van der Waals surface area contributed by atoms with E-state index in [0.717, 1.165) is 0 Å². The minimum Gasteiger partial charge on any atom is -0.466 e. The number of carbonyl (C=O) groups is 4. The molecule has 0 unspecified atom stereocenters. The second kappa shape index (κ2) is 13.5. The number of unbranched alkanes of at least 4 members (excludes halogenated alkanes) is 1. The lowest BCUT2D eigenvalue weighted by Crippen LogP contribution is -2.85. The van der Waals surface area contributed by atoms with Crippen LogP contribution in [0.5, 0.6) is 5.88 Å². The molecule has 2 saturated heterocycles. The number of nitrogens with zero attached hydrogens (tertiary/aromatic N) is 1. The lowest BCUT2D eigenvalue weighted by Gasteiger charge is -2.72. The van der Waals surface area contributed by atoms with Crippen LogP contribution in [0, 0.1) is 38.9 Å². The fourth-order valence-electron chi connectivity index (χ4n) is 10.3. The highest BCUT2D eigenvalue weighted by molar-refractivity contribution is 7.91. The zero-order valence-corrected chi connectivity index (χ0v) is 30.9. The number of benzene rings is 1. The van der Waals surface area contributed by atoms with Crippen LogP contribution < -0.4 is 9.34 Å². The number of aliphatic hydroxyl groups excluding tert-OH is 1. The Bertz CT molecular complexity index is 2040. The molecule has 3 heterocycles. The number of aromatic nitrogens is 2. The average molecular weight is 774 g/mol. The van der Waals surface area contributed by atoms with Crippen LogP contribution >= 0.6 is 0 Å². The Kier molecular flexibility index (Phi) is 9.55. The number of aromatic amines is 1. The second-order valence-electron chi connectivity index (χ2n) is 15.8. The van der Waals surface area contributed by atoms with Crippen molar-refractivity contribution in [3.8, 4) is 5.88 Å². The maximum absolute atomic E-state index is 14.2. The van der Waals surface area contributed by atoms with E-state index in [2.05, 4.69) is 16.4 Å². The number of sulfone groups is 1. The molecule has 292 valence electrons.